The van der Waals surface area contributed by atoms with E-state index in [4.69, 9.17) is 4.74 Å². The van der Waals surface area contributed by atoms with E-state index in [1.165, 1.54) is 12.1 Å². The van der Waals surface area contributed by atoms with E-state index in [0.717, 1.165) is 29.8 Å². The van der Waals surface area contributed by atoms with Crippen molar-refractivity contribution in [3.63, 3.8) is 0 Å². The van der Waals surface area contributed by atoms with E-state index in [1.54, 1.807) is 13.2 Å². The van der Waals surface area contributed by atoms with E-state index in [0.29, 0.717) is 19.5 Å². The van der Waals surface area contributed by atoms with Crippen LogP contribution < -0.4 is 10.1 Å². The summed E-state index contributed by atoms with van der Waals surface area (Å²) < 4.78 is 19.1. The second kappa shape index (κ2) is 10.4. The molecule has 1 heterocycles. The third-order valence-corrected chi connectivity index (χ3v) is 5.08. The van der Waals surface area contributed by atoms with Crippen LogP contribution in [-0.2, 0) is 11.2 Å². The minimum Gasteiger partial charge on any atom is -0.496 e. The molecule has 2 aromatic carbocycles. The molecule has 1 amide bonds. The van der Waals surface area contributed by atoms with Crippen molar-refractivity contribution < 1.29 is 13.9 Å². The van der Waals surface area contributed by atoms with Gasteiger partial charge in [-0.05, 0) is 41.7 Å². The first-order valence-electron chi connectivity index (χ1n) is 9.46. The molecular formula is C22H28ClFN2O2. The molecule has 2 aromatic rings. The molecule has 4 nitrogen and oxygen atoms in total. The molecule has 0 saturated carbocycles. The summed E-state index contributed by atoms with van der Waals surface area (Å²) in [6.45, 7) is 4.14. The van der Waals surface area contributed by atoms with Gasteiger partial charge in [-0.25, -0.2) is 4.39 Å². The summed E-state index contributed by atoms with van der Waals surface area (Å²) in [4.78, 5) is 14.9. The van der Waals surface area contributed by atoms with Crippen molar-refractivity contribution >= 4 is 18.3 Å². The fourth-order valence-electron chi connectivity index (χ4n) is 3.75. The molecule has 1 aliphatic rings. The van der Waals surface area contributed by atoms with Crippen molar-refractivity contribution in [3.8, 4) is 5.75 Å². The largest absolute Gasteiger partial charge is 0.496 e. The maximum Gasteiger partial charge on any atom is 0.223 e. The Balaban J connectivity index is 0.00000280. The van der Waals surface area contributed by atoms with Gasteiger partial charge >= 0.3 is 0 Å². The molecule has 0 radical (unpaired) electrons. The number of nitrogens with zero attached hydrogens (tertiary/aromatic N) is 1. The first kappa shape index (κ1) is 22.2. The standard InChI is InChI=1S/C22H27FN2O2.ClH/c1-16(12-18-6-3-4-9-21(18)27-2)13-22(26)25-11-10-24-15-20(25)17-7-5-8-19(23)14-17;/h3-9,14,16,20,24H,10-13,15H2,1-2H3;1H. The molecular weight excluding hydrogens is 379 g/mol. The maximum absolute atomic E-state index is 13.6. The van der Waals surface area contributed by atoms with E-state index >= 15 is 0 Å². The highest BCUT2D eigenvalue weighted by atomic mass is 35.5. The van der Waals surface area contributed by atoms with Crippen LogP contribution in [0.5, 0.6) is 5.75 Å². The SMILES string of the molecule is COc1ccccc1CC(C)CC(=O)N1CCNCC1c1cccc(F)c1.Cl. The van der Waals surface area contributed by atoms with Crippen LogP contribution in [-0.4, -0.2) is 37.6 Å². The van der Waals surface area contributed by atoms with Crippen LogP contribution in [0, 0.1) is 11.7 Å². The molecule has 1 aliphatic heterocycles. The van der Waals surface area contributed by atoms with Gasteiger partial charge in [0, 0.05) is 26.1 Å². The van der Waals surface area contributed by atoms with Crippen molar-refractivity contribution in [3.05, 3.63) is 65.5 Å². The molecule has 0 aliphatic carbocycles. The highest BCUT2D eigenvalue weighted by Gasteiger charge is 2.28. The maximum atomic E-state index is 13.6. The van der Waals surface area contributed by atoms with Crippen LogP contribution in [0.1, 0.15) is 30.5 Å². The molecule has 2 unspecified atom stereocenters. The number of hydrogen-bond donors (Lipinski definition) is 1. The lowest BCUT2D eigenvalue weighted by molar-refractivity contribution is -0.135. The van der Waals surface area contributed by atoms with Gasteiger partial charge < -0.3 is 15.0 Å². The molecule has 152 valence electrons. The Morgan fingerprint density at radius 3 is 2.82 bits per heavy atom. The number of benzene rings is 2. The van der Waals surface area contributed by atoms with Crippen molar-refractivity contribution in [1.29, 1.82) is 0 Å². The minimum atomic E-state index is -0.269. The van der Waals surface area contributed by atoms with E-state index in [1.807, 2.05) is 35.2 Å². The minimum absolute atomic E-state index is 0. The normalized spacial score (nSPS) is 17.5. The second-order valence-electron chi connectivity index (χ2n) is 7.19. The van der Waals surface area contributed by atoms with Crippen LogP contribution in [0.2, 0.25) is 0 Å². The van der Waals surface area contributed by atoms with Crippen LogP contribution in [0.4, 0.5) is 4.39 Å². The first-order valence-corrected chi connectivity index (χ1v) is 9.46. The average molecular weight is 407 g/mol. The lowest BCUT2D eigenvalue weighted by Crippen LogP contribution is -2.49. The summed E-state index contributed by atoms with van der Waals surface area (Å²) in [6, 6.07) is 14.3. The monoisotopic (exact) mass is 406 g/mol. The van der Waals surface area contributed by atoms with Gasteiger partial charge in [0.15, 0.2) is 0 Å². The quantitative estimate of drug-likeness (QED) is 0.788. The molecule has 0 bridgehead atoms. The van der Waals surface area contributed by atoms with Gasteiger partial charge in [-0.1, -0.05) is 37.3 Å². The number of methoxy groups -OCH3 is 1. The summed E-state index contributed by atoms with van der Waals surface area (Å²) in [6.07, 6.45) is 1.25. The Morgan fingerprint density at radius 1 is 1.29 bits per heavy atom. The zero-order chi connectivity index (χ0) is 19.2. The molecule has 0 aromatic heterocycles. The van der Waals surface area contributed by atoms with Crippen molar-refractivity contribution in [2.75, 3.05) is 26.7 Å². The summed E-state index contributed by atoms with van der Waals surface area (Å²) in [5.41, 5.74) is 1.95. The van der Waals surface area contributed by atoms with Gasteiger partial charge in [0.25, 0.3) is 0 Å². The van der Waals surface area contributed by atoms with Crippen LogP contribution in [0.15, 0.2) is 48.5 Å². The smallest absolute Gasteiger partial charge is 0.223 e. The molecule has 0 spiro atoms. The van der Waals surface area contributed by atoms with Crippen LogP contribution in [0.25, 0.3) is 0 Å². The Morgan fingerprint density at radius 2 is 2.07 bits per heavy atom. The Bertz CT molecular complexity index is 787. The number of nitrogens with one attached hydrogen (secondary N) is 1. The molecule has 3 rings (SSSR count). The number of ether oxygens (including phenoxy) is 1. The van der Waals surface area contributed by atoms with Crippen molar-refractivity contribution in [2.24, 2.45) is 5.92 Å². The highest BCUT2D eigenvalue weighted by Crippen LogP contribution is 2.26. The zero-order valence-corrected chi connectivity index (χ0v) is 17.2. The van der Waals surface area contributed by atoms with Gasteiger partial charge in [-0.2, -0.15) is 0 Å². The highest BCUT2D eigenvalue weighted by molar-refractivity contribution is 5.85. The predicted molar refractivity (Wildman–Crippen MR) is 111 cm³/mol. The van der Waals surface area contributed by atoms with Gasteiger partial charge in [0.05, 0.1) is 13.2 Å². The average Bonchev–Trinajstić information content (AvgIpc) is 2.68. The summed E-state index contributed by atoms with van der Waals surface area (Å²) in [5.74, 6) is 0.900. The Hall–Kier alpha value is -2.11. The first-order chi connectivity index (χ1) is 13.1. The summed E-state index contributed by atoms with van der Waals surface area (Å²) in [7, 11) is 1.67. The predicted octanol–water partition coefficient (Wildman–Crippen LogP) is 4.00. The van der Waals surface area contributed by atoms with Gasteiger partial charge in [-0.15, -0.1) is 12.4 Å². The van der Waals surface area contributed by atoms with E-state index in [9.17, 15) is 9.18 Å². The van der Waals surface area contributed by atoms with Gasteiger partial charge in [0.2, 0.25) is 5.91 Å². The van der Waals surface area contributed by atoms with E-state index < -0.39 is 0 Å². The van der Waals surface area contributed by atoms with Crippen molar-refractivity contribution in [1.82, 2.24) is 10.2 Å². The lowest BCUT2D eigenvalue weighted by Gasteiger charge is -2.37. The summed E-state index contributed by atoms with van der Waals surface area (Å²) in [5, 5.41) is 3.31. The molecule has 2 atom stereocenters. The number of piperazine rings is 1. The number of rotatable bonds is 6. The third-order valence-electron chi connectivity index (χ3n) is 5.08. The number of carbonyl (C=O) groups is 1. The molecule has 1 fully saturated rings. The topological polar surface area (TPSA) is 41.6 Å². The third kappa shape index (κ3) is 5.46. The fraction of sp³-hybridized carbons (Fsp3) is 0.409. The number of halogens is 2. The van der Waals surface area contributed by atoms with E-state index in [-0.39, 0.29) is 36.1 Å². The lowest BCUT2D eigenvalue weighted by atomic mass is 9.95. The van der Waals surface area contributed by atoms with Gasteiger partial charge in [-0.3, -0.25) is 4.79 Å². The number of para-hydroxylation sites is 1. The number of hydrogen-bond acceptors (Lipinski definition) is 3. The molecule has 1 N–H and O–H groups in total. The second-order valence-corrected chi connectivity index (χ2v) is 7.19. The number of amides is 1. The Labute approximate surface area is 172 Å². The zero-order valence-electron chi connectivity index (χ0n) is 16.4. The summed E-state index contributed by atoms with van der Waals surface area (Å²) >= 11 is 0. The molecule has 6 heteroatoms. The molecule has 1 saturated heterocycles. The molecule has 28 heavy (non-hydrogen) atoms. The Kier molecular flexibility index (Phi) is 8.27. The fourth-order valence-corrected chi connectivity index (χ4v) is 3.75. The van der Waals surface area contributed by atoms with Crippen molar-refractivity contribution in [2.45, 2.75) is 25.8 Å². The van der Waals surface area contributed by atoms with Crippen LogP contribution in [0.3, 0.4) is 0 Å². The van der Waals surface area contributed by atoms with Crippen LogP contribution >= 0.6 is 12.4 Å². The van der Waals surface area contributed by atoms with E-state index in [2.05, 4.69) is 12.2 Å². The van der Waals surface area contributed by atoms with Gasteiger partial charge in [0.1, 0.15) is 11.6 Å². The number of carbonyl (C=O) groups excluding carboxylic acids is 1.